The van der Waals surface area contributed by atoms with Crippen molar-refractivity contribution >= 4 is 47.2 Å². The van der Waals surface area contributed by atoms with Crippen LogP contribution in [0.3, 0.4) is 0 Å². The maximum absolute atomic E-state index is 6.15. The molecule has 1 N–H and O–H groups in total. The lowest BCUT2D eigenvalue weighted by Crippen LogP contribution is -2.47. The van der Waals surface area contributed by atoms with Gasteiger partial charge in [-0.3, -0.25) is 9.89 Å². The van der Waals surface area contributed by atoms with Gasteiger partial charge in [0, 0.05) is 70.1 Å². The minimum atomic E-state index is 0. The summed E-state index contributed by atoms with van der Waals surface area (Å²) in [4.78, 5) is 14.7. The molecule has 180 valence electrons. The monoisotopic (exact) mass is 574 g/mol. The Morgan fingerprint density at radius 1 is 1.06 bits per heavy atom. The molecule has 6 nitrogen and oxygen atoms in total. The van der Waals surface area contributed by atoms with Crippen LogP contribution in [0.2, 0.25) is 5.02 Å². The SMILES string of the molecule is CN=C(NCCCN1CCN(c2cccc(Cl)c2)CC1)N1CCC(CN2CCCC2)C1.I. The van der Waals surface area contributed by atoms with Crippen molar-refractivity contribution in [2.75, 3.05) is 83.9 Å². The number of halogens is 2. The van der Waals surface area contributed by atoms with E-state index in [-0.39, 0.29) is 24.0 Å². The van der Waals surface area contributed by atoms with Crippen LogP contribution in [0.25, 0.3) is 0 Å². The van der Waals surface area contributed by atoms with E-state index in [9.17, 15) is 0 Å². The molecule has 4 rings (SSSR count). The predicted octanol–water partition coefficient (Wildman–Crippen LogP) is 3.46. The molecule has 0 spiro atoms. The number of hydrogen-bond donors (Lipinski definition) is 1. The van der Waals surface area contributed by atoms with Gasteiger partial charge in [0.05, 0.1) is 0 Å². The van der Waals surface area contributed by atoms with Crippen LogP contribution in [0.4, 0.5) is 5.69 Å². The van der Waals surface area contributed by atoms with E-state index < -0.39 is 0 Å². The van der Waals surface area contributed by atoms with Gasteiger partial charge in [-0.15, -0.1) is 24.0 Å². The number of aliphatic imine (C=N–C) groups is 1. The van der Waals surface area contributed by atoms with Crippen molar-refractivity contribution in [2.45, 2.75) is 25.7 Å². The zero-order valence-corrected chi connectivity index (χ0v) is 22.6. The Morgan fingerprint density at radius 3 is 2.56 bits per heavy atom. The fourth-order valence-electron chi connectivity index (χ4n) is 5.24. The lowest BCUT2D eigenvalue weighted by Gasteiger charge is -2.36. The van der Waals surface area contributed by atoms with Crippen molar-refractivity contribution in [1.29, 1.82) is 0 Å². The number of nitrogens with zero attached hydrogens (tertiary/aromatic N) is 5. The zero-order chi connectivity index (χ0) is 21.5. The molecule has 3 heterocycles. The maximum atomic E-state index is 6.15. The van der Waals surface area contributed by atoms with E-state index in [1.165, 1.54) is 44.6 Å². The normalized spacial score (nSPS) is 22.9. The Kier molecular flexibility index (Phi) is 10.7. The lowest BCUT2D eigenvalue weighted by atomic mass is 10.1. The van der Waals surface area contributed by atoms with Crippen molar-refractivity contribution in [3.63, 3.8) is 0 Å². The van der Waals surface area contributed by atoms with E-state index in [1.807, 2.05) is 19.2 Å². The van der Waals surface area contributed by atoms with E-state index in [2.05, 4.69) is 42.0 Å². The van der Waals surface area contributed by atoms with Gasteiger partial charge in [0.2, 0.25) is 0 Å². The molecule has 0 aliphatic carbocycles. The third-order valence-electron chi connectivity index (χ3n) is 6.99. The number of benzene rings is 1. The lowest BCUT2D eigenvalue weighted by molar-refractivity contribution is 0.255. The van der Waals surface area contributed by atoms with Gasteiger partial charge < -0.3 is 20.0 Å². The third kappa shape index (κ3) is 7.37. The number of anilines is 1. The number of piperazine rings is 1. The molecular weight excluding hydrogens is 535 g/mol. The van der Waals surface area contributed by atoms with Gasteiger partial charge in [0.25, 0.3) is 0 Å². The fourth-order valence-corrected chi connectivity index (χ4v) is 5.43. The third-order valence-corrected chi connectivity index (χ3v) is 7.23. The molecule has 0 aromatic heterocycles. The summed E-state index contributed by atoms with van der Waals surface area (Å²) >= 11 is 6.15. The molecule has 3 fully saturated rings. The second-order valence-corrected chi connectivity index (χ2v) is 9.68. The van der Waals surface area contributed by atoms with Gasteiger partial charge in [0.15, 0.2) is 5.96 Å². The van der Waals surface area contributed by atoms with Gasteiger partial charge in [-0.05, 0) is 69.4 Å². The predicted molar refractivity (Wildman–Crippen MR) is 147 cm³/mol. The molecule has 0 radical (unpaired) electrons. The first kappa shape index (κ1) is 25.8. The molecule has 0 saturated carbocycles. The molecule has 3 saturated heterocycles. The van der Waals surface area contributed by atoms with Crippen LogP contribution >= 0.6 is 35.6 Å². The number of hydrogen-bond acceptors (Lipinski definition) is 4. The Morgan fingerprint density at radius 2 is 1.84 bits per heavy atom. The van der Waals surface area contributed by atoms with Crippen LogP contribution in [-0.4, -0.2) is 99.7 Å². The summed E-state index contributed by atoms with van der Waals surface area (Å²) in [6.45, 7) is 12.7. The number of guanidine groups is 1. The Balaban J connectivity index is 0.00000289. The smallest absolute Gasteiger partial charge is 0.193 e. The van der Waals surface area contributed by atoms with Crippen molar-refractivity contribution in [3.05, 3.63) is 29.3 Å². The van der Waals surface area contributed by atoms with E-state index >= 15 is 0 Å². The highest BCUT2D eigenvalue weighted by atomic mass is 127. The summed E-state index contributed by atoms with van der Waals surface area (Å²) < 4.78 is 0. The molecule has 1 atom stereocenters. The Labute approximate surface area is 216 Å². The number of likely N-dealkylation sites (tertiary alicyclic amines) is 2. The largest absolute Gasteiger partial charge is 0.369 e. The molecule has 32 heavy (non-hydrogen) atoms. The van der Waals surface area contributed by atoms with Crippen molar-refractivity contribution in [1.82, 2.24) is 20.0 Å². The average molecular weight is 575 g/mol. The highest BCUT2D eigenvalue weighted by Crippen LogP contribution is 2.21. The van der Waals surface area contributed by atoms with Crippen LogP contribution in [-0.2, 0) is 0 Å². The highest BCUT2D eigenvalue weighted by molar-refractivity contribution is 14.0. The van der Waals surface area contributed by atoms with Crippen LogP contribution in [0.15, 0.2) is 29.3 Å². The summed E-state index contributed by atoms with van der Waals surface area (Å²) in [5.41, 5.74) is 1.24. The Hall–Kier alpha value is -0.770. The van der Waals surface area contributed by atoms with Gasteiger partial charge in [-0.1, -0.05) is 17.7 Å². The highest BCUT2D eigenvalue weighted by Gasteiger charge is 2.27. The second-order valence-electron chi connectivity index (χ2n) is 9.24. The van der Waals surface area contributed by atoms with Crippen molar-refractivity contribution < 1.29 is 0 Å². The summed E-state index contributed by atoms with van der Waals surface area (Å²) in [5.74, 6) is 1.89. The molecule has 8 heteroatoms. The first-order valence-corrected chi connectivity index (χ1v) is 12.5. The van der Waals surface area contributed by atoms with Gasteiger partial charge in [0.1, 0.15) is 0 Å². The molecule has 1 aromatic carbocycles. The van der Waals surface area contributed by atoms with Gasteiger partial charge in [-0.2, -0.15) is 0 Å². The Bertz CT molecular complexity index is 718. The topological polar surface area (TPSA) is 37.4 Å². The number of nitrogens with one attached hydrogen (secondary N) is 1. The number of rotatable bonds is 7. The quantitative estimate of drug-likeness (QED) is 0.234. The molecule has 3 aliphatic rings. The minimum absolute atomic E-state index is 0. The van der Waals surface area contributed by atoms with Crippen molar-refractivity contribution in [2.24, 2.45) is 10.9 Å². The van der Waals surface area contributed by atoms with Crippen molar-refractivity contribution in [3.8, 4) is 0 Å². The van der Waals surface area contributed by atoms with Crippen LogP contribution in [0, 0.1) is 5.92 Å². The molecular formula is C24H40ClIN6. The summed E-state index contributed by atoms with van der Waals surface area (Å²) in [6.07, 6.45) is 5.22. The summed E-state index contributed by atoms with van der Waals surface area (Å²) in [5, 5.41) is 4.44. The van der Waals surface area contributed by atoms with E-state index in [4.69, 9.17) is 11.6 Å². The summed E-state index contributed by atoms with van der Waals surface area (Å²) in [6, 6.07) is 8.21. The van der Waals surface area contributed by atoms with Crippen LogP contribution in [0.5, 0.6) is 0 Å². The molecule has 0 amide bonds. The summed E-state index contributed by atoms with van der Waals surface area (Å²) in [7, 11) is 1.92. The first-order valence-electron chi connectivity index (χ1n) is 12.1. The molecule has 3 aliphatic heterocycles. The minimum Gasteiger partial charge on any atom is -0.369 e. The second kappa shape index (κ2) is 13.2. The van der Waals surface area contributed by atoms with Crippen LogP contribution < -0.4 is 10.2 Å². The van der Waals surface area contributed by atoms with E-state index in [1.54, 1.807) is 0 Å². The molecule has 0 bridgehead atoms. The average Bonchev–Trinajstić information content (AvgIpc) is 3.47. The fraction of sp³-hybridized carbons (Fsp3) is 0.708. The zero-order valence-electron chi connectivity index (χ0n) is 19.5. The van der Waals surface area contributed by atoms with E-state index in [0.29, 0.717) is 0 Å². The molecule has 1 aromatic rings. The standard InChI is InChI=1S/C24H39ClN6.HI/c1-26-24(31-13-8-21(20-31)19-29-10-2-3-11-29)27-9-5-12-28-14-16-30(17-15-28)23-7-4-6-22(25)18-23;/h4,6-7,18,21H,2-3,5,8-17,19-20H2,1H3,(H,26,27);1H. The van der Waals surface area contributed by atoms with Gasteiger partial charge >= 0.3 is 0 Å². The van der Waals surface area contributed by atoms with Gasteiger partial charge in [-0.25, -0.2) is 0 Å². The molecule has 1 unspecified atom stereocenters. The van der Waals surface area contributed by atoms with Crippen LogP contribution in [0.1, 0.15) is 25.7 Å². The van der Waals surface area contributed by atoms with E-state index in [0.717, 1.165) is 75.7 Å². The first-order chi connectivity index (χ1) is 15.2. The maximum Gasteiger partial charge on any atom is 0.193 e.